The predicted molar refractivity (Wildman–Crippen MR) is 127 cm³/mol. The number of amides is 2. The second kappa shape index (κ2) is 10.7. The molecule has 3 fully saturated rings. The average Bonchev–Trinajstić information content (AvgIpc) is 2.85. The summed E-state index contributed by atoms with van der Waals surface area (Å²) in [5.41, 5.74) is 0.327. The lowest BCUT2D eigenvalue weighted by Crippen LogP contribution is -2.52. The van der Waals surface area contributed by atoms with Crippen LogP contribution in [0.3, 0.4) is 0 Å². The minimum atomic E-state index is -3.73. The summed E-state index contributed by atoms with van der Waals surface area (Å²) in [5, 5.41) is 0.137. The third-order valence-electron chi connectivity index (χ3n) is 6.84. The van der Waals surface area contributed by atoms with E-state index in [4.69, 9.17) is 11.6 Å². The van der Waals surface area contributed by atoms with Crippen molar-refractivity contribution in [3.05, 3.63) is 28.8 Å². The Labute approximate surface area is 201 Å². The minimum Gasteiger partial charge on any atom is -0.342 e. The van der Waals surface area contributed by atoms with E-state index in [9.17, 15) is 18.0 Å². The molecule has 8 nitrogen and oxygen atoms in total. The molecular formula is C23H33ClN4O4S. The van der Waals surface area contributed by atoms with Gasteiger partial charge in [-0.05, 0) is 50.3 Å². The molecule has 2 amide bonds. The second-order valence-corrected chi connectivity index (χ2v) is 11.4. The Balaban J connectivity index is 1.38. The van der Waals surface area contributed by atoms with Crippen molar-refractivity contribution >= 4 is 33.4 Å². The van der Waals surface area contributed by atoms with Crippen LogP contribution in [-0.4, -0.2) is 98.1 Å². The highest BCUT2D eigenvalue weighted by Crippen LogP contribution is 2.28. The molecule has 0 bridgehead atoms. The van der Waals surface area contributed by atoms with Crippen molar-refractivity contribution in [1.29, 1.82) is 0 Å². The molecule has 3 heterocycles. The highest BCUT2D eigenvalue weighted by Gasteiger charge is 2.30. The molecule has 0 aromatic heterocycles. The molecule has 3 aliphatic rings. The van der Waals surface area contributed by atoms with E-state index in [1.165, 1.54) is 22.9 Å². The molecule has 3 saturated heterocycles. The van der Waals surface area contributed by atoms with Gasteiger partial charge in [-0.2, -0.15) is 4.31 Å². The number of nitrogens with zero attached hydrogens (tertiary/aromatic N) is 4. The number of halogens is 1. The van der Waals surface area contributed by atoms with Crippen molar-refractivity contribution in [2.75, 3.05) is 58.9 Å². The van der Waals surface area contributed by atoms with Crippen molar-refractivity contribution in [2.45, 2.75) is 43.4 Å². The summed E-state index contributed by atoms with van der Waals surface area (Å²) in [6, 6.07) is 4.51. The number of carbonyl (C=O) groups is 2. The molecule has 1 aromatic carbocycles. The van der Waals surface area contributed by atoms with Crippen LogP contribution >= 0.6 is 11.6 Å². The van der Waals surface area contributed by atoms with Crippen LogP contribution in [0.4, 0.5) is 0 Å². The number of likely N-dealkylation sites (tertiary alicyclic amines) is 1. The molecule has 182 valence electrons. The number of carbonyl (C=O) groups excluding carboxylic acids is 2. The zero-order valence-corrected chi connectivity index (χ0v) is 20.6. The maximum Gasteiger partial charge on any atom is 0.253 e. The number of sulfonamides is 1. The molecule has 0 N–H and O–H groups in total. The number of piperidine rings is 2. The van der Waals surface area contributed by atoms with Gasteiger partial charge in [-0.1, -0.05) is 18.0 Å². The number of rotatable bonds is 5. The summed E-state index contributed by atoms with van der Waals surface area (Å²) >= 11 is 6.25. The van der Waals surface area contributed by atoms with Crippen molar-refractivity contribution < 1.29 is 18.0 Å². The first kappa shape index (κ1) is 24.4. The lowest BCUT2D eigenvalue weighted by molar-refractivity contribution is -0.133. The number of hydrogen-bond acceptors (Lipinski definition) is 5. The monoisotopic (exact) mass is 496 g/mol. The van der Waals surface area contributed by atoms with E-state index in [0.29, 0.717) is 51.4 Å². The first-order valence-corrected chi connectivity index (χ1v) is 13.8. The lowest BCUT2D eigenvalue weighted by atomic mass is 10.1. The zero-order chi connectivity index (χ0) is 23.4. The predicted octanol–water partition coefficient (Wildman–Crippen LogP) is 2.28. The third-order valence-corrected chi connectivity index (χ3v) is 9.22. The SMILES string of the molecule is O=C(CN1CCN(C(=O)c2ccc(Cl)c(S(=O)(=O)N3CCCCC3)c2)CC1)N1CCCCC1. The van der Waals surface area contributed by atoms with Crippen molar-refractivity contribution in [1.82, 2.24) is 19.0 Å². The first-order valence-electron chi connectivity index (χ1n) is 12.0. The van der Waals surface area contributed by atoms with E-state index < -0.39 is 10.0 Å². The molecule has 1 aromatic rings. The molecule has 0 aliphatic carbocycles. The third kappa shape index (κ3) is 5.70. The fourth-order valence-electron chi connectivity index (χ4n) is 4.80. The van der Waals surface area contributed by atoms with Crippen LogP contribution in [0.1, 0.15) is 48.9 Å². The van der Waals surface area contributed by atoms with Gasteiger partial charge in [0.1, 0.15) is 4.90 Å². The van der Waals surface area contributed by atoms with Gasteiger partial charge in [0.05, 0.1) is 11.6 Å². The Kier molecular flexibility index (Phi) is 7.94. The number of hydrogen-bond donors (Lipinski definition) is 0. The van der Waals surface area contributed by atoms with Crippen LogP contribution in [0.25, 0.3) is 0 Å². The number of benzene rings is 1. The molecule has 33 heavy (non-hydrogen) atoms. The van der Waals surface area contributed by atoms with Crippen molar-refractivity contribution in [2.24, 2.45) is 0 Å². The zero-order valence-electron chi connectivity index (χ0n) is 19.0. The van der Waals surface area contributed by atoms with Gasteiger partial charge in [-0.15, -0.1) is 0 Å². The van der Waals surface area contributed by atoms with Gasteiger partial charge in [0.15, 0.2) is 0 Å². The Morgan fingerprint density at radius 1 is 0.788 bits per heavy atom. The quantitative estimate of drug-likeness (QED) is 0.624. The van der Waals surface area contributed by atoms with Gasteiger partial charge in [0.25, 0.3) is 5.91 Å². The van der Waals surface area contributed by atoms with Gasteiger partial charge in [-0.25, -0.2) is 8.42 Å². The lowest BCUT2D eigenvalue weighted by Gasteiger charge is -2.36. The fraction of sp³-hybridized carbons (Fsp3) is 0.652. The second-order valence-electron chi connectivity index (χ2n) is 9.12. The highest BCUT2D eigenvalue weighted by molar-refractivity contribution is 7.89. The van der Waals surface area contributed by atoms with Crippen LogP contribution in [0.15, 0.2) is 23.1 Å². The normalized spacial score (nSPS) is 21.2. The highest BCUT2D eigenvalue weighted by atomic mass is 35.5. The van der Waals surface area contributed by atoms with E-state index in [-0.39, 0.29) is 21.7 Å². The Hall–Kier alpha value is -1.68. The van der Waals surface area contributed by atoms with Crippen LogP contribution in [0.2, 0.25) is 5.02 Å². The van der Waals surface area contributed by atoms with E-state index in [1.54, 1.807) is 11.0 Å². The van der Waals surface area contributed by atoms with Crippen LogP contribution in [0, 0.1) is 0 Å². The van der Waals surface area contributed by atoms with E-state index >= 15 is 0 Å². The molecule has 4 rings (SSSR count). The molecule has 0 saturated carbocycles. The molecule has 0 radical (unpaired) electrons. The number of piperazine rings is 1. The van der Waals surface area contributed by atoms with E-state index in [0.717, 1.165) is 45.2 Å². The van der Waals surface area contributed by atoms with E-state index in [2.05, 4.69) is 4.90 Å². The molecule has 0 unspecified atom stereocenters. The summed E-state index contributed by atoms with van der Waals surface area (Å²) in [4.78, 5) is 31.4. The summed E-state index contributed by atoms with van der Waals surface area (Å²) in [5.74, 6) is -0.0384. The van der Waals surface area contributed by atoms with Gasteiger partial charge >= 0.3 is 0 Å². The maximum atomic E-state index is 13.1. The van der Waals surface area contributed by atoms with Crippen LogP contribution < -0.4 is 0 Å². The molecule has 0 spiro atoms. The molecular weight excluding hydrogens is 464 g/mol. The fourth-order valence-corrected chi connectivity index (χ4v) is 6.82. The standard InChI is InChI=1S/C23H33ClN4O4S/c24-20-8-7-19(17-21(20)33(31,32)28-11-5-2-6-12-28)23(30)27-15-13-25(14-16-27)18-22(29)26-9-3-1-4-10-26/h7-8,17H,1-6,9-16,18H2. The molecule has 10 heteroatoms. The van der Waals surface area contributed by atoms with Gasteiger partial charge in [0, 0.05) is 57.9 Å². The van der Waals surface area contributed by atoms with E-state index in [1.807, 2.05) is 4.90 Å². The summed E-state index contributed by atoms with van der Waals surface area (Å²) in [6.45, 7) is 5.29. The van der Waals surface area contributed by atoms with Crippen molar-refractivity contribution in [3.63, 3.8) is 0 Å². The summed E-state index contributed by atoms with van der Waals surface area (Å²) < 4.78 is 27.7. The van der Waals surface area contributed by atoms with Crippen LogP contribution in [0.5, 0.6) is 0 Å². The summed E-state index contributed by atoms with van der Waals surface area (Å²) in [7, 11) is -3.73. The topological polar surface area (TPSA) is 81.2 Å². The minimum absolute atomic E-state index is 0.00248. The first-order chi connectivity index (χ1) is 15.9. The van der Waals surface area contributed by atoms with Crippen LogP contribution in [-0.2, 0) is 14.8 Å². The Morgan fingerprint density at radius 3 is 2.03 bits per heavy atom. The molecule has 0 atom stereocenters. The van der Waals surface area contributed by atoms with Gasteiger partial charge < -0.3 is 9.80 Å². The average molecular weight is 497 g/mol. The maximum absolute atomic E-state index is 13.1. The summed E-state index contributed by atoms with van der Waals surface area (Å²) in [6.07, 6.45) is 6.03. The smallest absolute Gasteiger partial charge is 0.253 e. The molecule has 3 aliphatic heterocycles. The largest absolute Gasteiger partial charge is 0.342 e. The van der Waals surface area contributed by atoms with Gasteiger partial charge in [0.2, 0.25) is 15.9 Å². The Morgan fingerprint density at radius 2 is 1.39 bits per heavy atom. The Bertz CT molecular complexity index is 967. The van der Waals surface area contributed by atoms with Crippen molar-refractivity contribution in [3.8, 4) is 0 Å². The van der Waals surface area contributed by atoms with Gasteiger partial charge in [-0.3, -0.25) is 14.5 Å².